The van der Waals surface area contributed by atoms with Gasteiger partial charge in [-0.3, -0.25) is 4.79 Å². The normalized spacial score (nSPS) is 11.0. The Morgan fingerprint density at radius 3 is 2.93 bits per heavy atom. The Kier molecular flexibility index (Phi) is 2.07. The molecule has 2 rings (SSSR count). The highest BCUT2D eigenvalue weighted by Crippen LogP contribution is 2.30. The van der Waals surface area contributed by atoms with Crippen LogP contribution in [0.15, 0.2) is 5.38 Å². The Bertz CT molecular complexity index is 495. The Morgan fingerprint density at radius 1 is 1.57 bits per heavy atom. The molecule has 4 heteroatoms. The van der Waals surface area contributed by atoms with Crippen molar-refractivity contribution in [3.63, 3.8) is 0 Å². The Balaban J connectivity index is 2.64. The number of carbonyl (C=O) groups is 1. The molecular weight excluding hydrogens is 198 g/mol. The van der Waals surface area contributed by atoms with Gasteiger partial charge in [-0.1, -0.05) is 0 Å². The number of hydrogen-bond acceptors (Lipinski definition) is 2. The third-order valence-corrected chi connectivity index (χ3v) is 3.37. The summed E-state index contributed by atoms with van der Waals surface area (Å²) in [5, 5.41) is 11.9. The van der Waals surface area contributed by atoms with E-state index in [9.17, 15) is 4.79 Å². The molecule has 2 aromatic heterocycles. The van der Waals surface area contributed by atoms with Crippen LogP contribution in [0, 0.1) is 13.8 Å². The van der Waals surface area contributed by atoms with Gasteiger partial charge in [-0.25, -0.2) is 0 Å². The van der Waals surface area contributed by atoms with E-state index < -0.39 is 5.97 Å². The number of nitrogens with one attached hydrogen (secondary N) is 1. The zero-order chi connectivity index (χ0) is 10.3. The number of aliphatic carboxylic acids is 1. The molecule has 0 saturated heterocycles. The van der Waals surface area contributed by atoms with Crippen molar-refractivity contribution in [2.24, 2.45) is 0 Å². The predicted molar refractivity (Wildman–Crippen MR) is 57.0 cm³/mol. The SMILES string of the molecule is Cc1[nH]c2scc(C)c2c1CC(=O)O. The van der Waals surface area contributed by atoms with Gasteiger partial charge in [-0.15, -0.1) is 11.3 Å². The average molecular weight is 209 g/mol. The molecule has 0 bridgehead atoms. The second kappa shape index (κ2) is 3.13. The Morgan fingerprint density at radius 2 is 2.29 bits per heavy atom. The molecule has 2 heterocycles. The lowest BCUT2D eigenvalue weighted by Gasteiger charge is -1.96. The largest absolute Gasteiger partial charge is 0.481 e. The van der Waals surface area contributed by atoms with Gasteiger partial charge in [0.05, 0.1) is 6.42 Å². The summed E-state index contributed by atoms with van der Waals surface area (Å²) in [5.41, 5.74) is 3.05. The molecule has 0 unspecified atom stereocenters. The predicted octanol–water partition coefficient (Wildman–Crippen LogP) is 2.47. The van der Waals surface area contributed by atoms with Crippen molar-refractivity contribution < 1.29 is 9.90 Å². The maximum atomic E-state index is 10.7. The molecule has 2 N–H and O–H groups in total. The third-order valence-electron chi connectivity index (χ3n) is 2.36. The zero-order valence-corrected chi connectivity index (χ0v) is 8.86. The number of rotatable bonds is 2. The second-order valence-electron chi connectivity index (χ2n) is 3.42. The number of hydrogen-bond donors (Lipinski definition) is 2. The van der Waals surface area contributed by atoms with Crippen molar-refractivity contribution in [1.82, 2.24) is 4.98 Å². The van der Waals surface area contributed by atoms with E-state index in [1.807, 2.05) is 19.2 Å². The van der Waals surface area contributed by atoms with Crippen LogP contribution in [-0.2, 0) is 11.2 Å². The fourth-order valence-corrected chi connectivity index (χ4v) is 2.74. The number of carboxylic acid groups (broad SMARTS) is 1. The summed E-state index contributed by atoms with van der Waals surface area (Å²) in [5.74, 6) is -0.778. The van der Waals surface area contributed by atoms with E-state index in [2.05, 4.69) is 4.98 Å². The first-order valence-electron chi connectivity index (χ1n) is 4.36. The van der Waals surface area contributed by atoms with Crippen molar-refractivity contribution in [3.8, 4) is 0 Å². The van der Waals surface area contributed by atoms with Gasteiger partial charge in [0.15, 0.2) is 0 Å². The van der Waals surface area contributed by atoms with Gasteiger partial charge in [-0.05, 0) is 30.4 Å². The average Bonchev–Trinajstić information content (AvgIpc) is 2.56. The number of aromatic amines is 1. The quantitative estimate of drug-likeness (QED) is 0.798. The lowest BCUT2D eigenvalue weighted by molar-refractivity contribution is -0.136. The summed E-state index contributed by atoms with van der Waals surface area (Å²) in [7, 11) is 0. The van der Waals surface area contributed by atoms with Crippen LogP contribution in [0.25, 0.3) is 10.2 Å². The second-order valence-corrected chi connectivity index (χ2v) is 4.30. The van der Waals surface area contributed by atoms with Gasteiger partial charge in [0.2, 0.25) is 0 Å². The number of fused-ring (bicyclic) bond motifs is 1. The molecule has 0 aliphatic carbocycles. The molecule has 0 aliphatic rings. The molecular formula is C10H11NO2S. The van der Waals surface area contributed by atoms with Crippen LogP contribution in [-0.4, -0.2) is 16.1 Å². The number of carboxylic acids is 1. The van der Waals surface area contributed by atoms with Gasteiger partial charge in [0, 0.05) is 11.1 Å². The molecule has 74 valence electrons. The minimum atomic E-state index is -0.778. The maximum absolute atomic E-state index is 10.7. The molecule has 14 heavy (non-hydrogen) atoms. The molecule has 0 fully saturated rings. The summed E-state index contributed by atoms with van der Waals surface area (Å²) in [6, 6.07) is 0. The van der Waals surface area contributed by atoms with Gasteiger partial charge in [0.25, 0.3) is 0 Å². The number of aryl methyl sites for hydroxylation is 2. The lowest BCUT2D eigenvalue weighted by atomic mass is 10.1. The third kappa shape index (κ3) is 1.32. The van der Waals surface area contributed by atoms with Gasteiger partial charge in [-0.2, -0.15) is 0 Å². The van der Waals surface area contributed by atoms with E-state index in [1.54, 1.807) is 11.3 Å². The van der Waals surface area contributed by atoms with Crippen LogP contribution < -0.4 is 0 Å². The molecule has 0 radical (unpaired) electrons. The van der Waals surface area contributed by atoms with E-state index in [0.29, 0.717) is 0 Å². The van der Waals surface area contributed by atoms with E-state index in [1.165, 1.54) is 0 Å². The highest BCUT2D eigenvalue weighted by Gasteiger charge is 2.14. The number of thiophene rings is 1. The van der Waals surface area contributed by atoms with Gasteiger partial charge < -0.3 is 10.1 Å². The van der Waals surface area contributed by atoms with Crippen molar-refractivity contribution in [2.45, 2.75) is 20.3 Å². The van der Waals surface area contributed by atoms with E-state index in [0.717, 1.165) is 27.0 Å². The van der Waals surface area contributed by atoms with Crippen molar-refractivity contribution >= 4 is 27.5 Å². The topological polar surface area (TPSA) is 53.1 Å². The lowest BCUT2D eigenvalue weighted by Crippen LogP contribution is -2.00. The molecule has 0 aliphatic heterocycles. The highest BCUT2D eigenvalue weighted by molar-refractivity contribution is 7.17. The first-order valence-corrected chi connectivity index (χ1v) is 5.24. The van der Waals surface area contributed by atoms with Crippen molar-refractivity contribution in [1.29, 1.82) is 0 Å². The summed E-state index contributed by atoms with van der Waals surface area (Å²) in [6.07, 6.45) is 0.101. The van der Waals surface area contributed by atoms with Crippen LogP contribution >= 0.6 is 11.3 Å². The first kappa shape index (κ1) is 9.27. The standard InChI is InChI=1S/C10H11NO2S/c1-5-4-14-10-9(5)7(3-8(12)13)6(2)11-10/h4,11H,3H2,1-2H3,(H,12,13). The molecule has 0 amide bonds. The summed E-state index contributed by atoms with van der Waals surface area (Å²) < 4.78 is 0. The summed E-state index contributed by atoms with van der Waals surface area (Å²) in [4.78, 5) is 15.0. The van der Waals surface area contributed by atoms with Crippen LogP contribution in [0.5, 0.6) is 0 Å². The van der Waals surface area contributed by atoms with E-state index >= 15 is 0 Å². The Hall–Kier alpha value is -1.29. The molecule has 0 aromatic carbocycles. The van der Waals surface area contributed by atoms with Crippen LogP contribution in [0.4, 0.5) is 0 Å². The fraction of sp³-hybridized carbons (Fsp3) is 0.300. The molecule has 0 atom stereocenters. The Labute approximate surface area is 85.4 Å². The molecule has 3 nitrogen and oxygen atoms in total. The first-order chi connectivity index (χ1) is 6.59. The number of aromatic nitrogens is 1. The smallest absolute Gasteiger partial charge is 0.307 e. The fourth-order valence-electron chi connectivity index (χ4n) is 1.72. The van der Waals surface area contributed by atoms with Crippen LogP contribution in [0.3, 0.4) is 0 Å². The zero-order valence-electron chi connectivity index (χ0n) is 8.05. The van der Waals surface area contributed by atoms with Gasteiger partial charge >= 0.3 is 5.97 Å². The summed E-state index contributed by atoms with van der Waals surface area (Å²) in [6.45, 7) is 3.93. The highest BCUT2D eigenvalue weighted by atomic mass is 32.1. The maximum Gasteiger partial charge on any atom is 0.307 e. The molecule has 0 spiro atoms. The van der Waals surface area contributed by atoms with Crippen molar-refractivity contribution in [3.05, 3.63) is 22.2 Å². The summed E-state index contributed by atoms with van der Waals surface area (Å²) >= 11 is 1.63. The van der Waals surface area contributed by atoms with Gasteiger partial charge in [0.1, 0.15) is 4.83 Å². The molecule has 2 aromatic rings. The van der Waals surface area contributed by atoms with E-state index in [-0.39, 0.29) is 6.42 Å². The van der Waals surface area contributed by atoms with Crippen LogP contribution in [0.1, 0.15) is 16.8 Å². The number of H-pyrrole nitrogens is 1. The van der Waals surface area contributed by atoms with Crippen molar-refractivity contribution in [2.75, 3.05) is 0 Å². The molecule has 0 saturated carbocycles. The van der Waals surface area contributed by atoms with Crippen LogP contribution in [0.2, 0.25) is 0 Å². The minimum absolute atomic E-state index is 0.101. The minimum Gasteiger partial charge on any atom is -0.481 e. The van der Waals surface area contributed by atoms with E-state index in [4.69, 9.17) is 5.11 Å². The monoisotopic (exact) mass is 209 g/mol.